The van der Waals surface area contributed by atoms with Crippen molar-refractivity contribution < 1.29 is 27.1 Å². The highest BCUT2D eigenvalue weighted by molar-refractivity contribution is 5.91. The lowest BCUT2D eigenvalue weighted by molar-refractivity contribution is 0.0723. The minimum atomic E-state index is -1.34. The topological polar surface area (TPSA) is 26.3 Å². The Morgan fingerprint density at radius 3 is 1.93 bits per heavy atom. The lowest BCUT2D eigenvalue weighted by atomic mass is 9.79. The molecule has 3 rings (SSSR count). The monoisotopic (exact) mass is 379 g/mol. The smallest absolute Gasteiger partial charge is 0.349 e. The normalized spacial score (nSPS) is 15.8. The molecule has 0 saturated heterocycles. The predicted molar refractivity (Wildman–Crippen MR) is 92.5 cm³/mol. The van der Waals surface area contributed by atoms with E-state index < -0.39 is 40.6 Å². The van der Waals surface area contributed by atoms with Gasteiger partial charge >= 0.3 is 5.97 Å². The van der Waals surface area contributed by atoms with E-state index in [1.54, 1.807) is 0 Å². The van der Waals surface area contributed by atoms with E-state index in [0.29, 0.717) is 5.56 Å². The third kappa shape index (κ3) is 4.15. The fourth-order valence-electron chi connectivity index (χ4n) is 3.31. The first kappa shape index (κ1) is 19.4. The third-order valence-electron chi connectivity index (χ3n) is 5.04. The number of benzene rings is 2. The minimum absolute atomic E-state index is 0.0306. The highest BCUT2D eigenvalue weighted by Gasteiger charge is 2.26. The molecule has 0 amide bonds. The number of ether oxygens (including phenoxy) is 1. The molecule has 2 aromatic rings. The Morgan fingerprint density at radius 1 is 0.889 bits per heavy atom. The summed E-state index contributed by atoms with van der Waals surface area (Å²) in [6.07, 6.45) is 3.41. The molecular formula is C21H19F4O2. The first-order chi connectivity index (χ1) is 12.8. The van der Waals surface area contributed by atoms with E-state index in [1.807, 2.05) is 0 Å². The van der Waals surface area contributed by atoms with Gasteiger partial charge in [0.1, 0.15) is 34.6 Å². The van der Waals surface area contributed by atoms with E-state index in [0.717, 1.165) is 49.9 Å². The second-order valence-corrected chi connectivity index (χ2v) is 6.99. The summed E-state index contributed by atoms with van der Waals surface area (Å²) < 4.78 is 60.7. The third-order valence-corrected chi connectivity index (χ3v) is 5.04. The summed E-state index contributed by atoms with van der Waals surface area (Å²) >= 11 is 0. The van der Waals surface area contributed by atoms with Crippen molar-refractivity contribution >= 4 is 5.97 Å². The van der Waals surface area contributed by atoms with Crippen LogP contribution in [0.4, 0.5) is 17.6 Å². The molecule has 1 radical (unpaired) electrons. The van der Waals surface area contributed by atoms with Gasteiger partial charge in [-0.05, 0) is 62.1 Å². The van der Waals surface area contributed by atoms with E-state index in [9.17, 15) is 22.4 Å². The van der Waals surface area contributed by atoms with Crippen molar-refractivity contribution in [1.82, 2.24) is 0 Å². The van der Waals surface area contributed by atoms with Gasteiger partial charge in [0, 0.05) is 17.7 Å². The zero-order valence-electron chi connectivity index (χ0n) is 15.0. The summed E-state index contributed by atoms with van der Waals surface area (Å²) in [6, 6.07) is 3.87. The number of rotatable bonds is 3. The summed E-state index contributed by atoms with van der Waals surface area (Å²) in [6.45, 7) is 3.28. The average Bonchev–Trinajstić information content (AvgIpc) is 2.59. The second kappa shape index (κ2) is 7.71. The highest BCUT2D eigenvalue weighted by atomic mass is 19.1. The molecule has 2 nitrogen and oxygen atoms in total. The molecule has 2 aromatic carbocycles. The van der Waals surface area contributed by atoms with Crippen molar-refractivity contribution in [3.05, 3.63) is 70.1 Å². The molecule has 0 N–H and O–H groups in total. The summed E-state index contributed by atoms with van der Waals surface area (Å²) in [5.41, 5.74) is -0.614. The molecule has 0 spiro atoms. The Kier molecular flexibility index (Phi) is 5.53. The van der Waals surface area contributed by atoms with Gasteiger partial charge in [-0.2, -0.15) is 0 Å². The van der Waals surface area contributed by atoms with Gasteiger partial charge in [-0.3, -0.25) is 0 Å². The predicted octanol–water partition coefficient (Wildman–Crippen LogP) is 6.02. The molecule has 0 bridgehead atoms. The first-order valence-corrected chi connectivity index (χ1v) is 8.74. The van der Waals surface area contributed by atoms with Crippen LogP contribution in [0.25, 0.3) is 0 Å². The van der Waals surface area contributed by atoms with Crippen molar-refractivity contribution in [2.75, 3.05) is 0 Å². The van der Waals surface area contributed by atoms with Crippen LogP contribution < -0.4 is 4.74 Å². The lowest BCUT2D eigenvalue weighted by Gasteiger charge is -2.26. The fourth-order valence-corrected chi connectivity index (χ4v) is 3.31. The standard InChI is InChI=1S/C21H19F4O2/c1-11-3-5-13(6-4-11)14-7-18(24)20(19(25)8-14)21(26)27-15-9-16(22)12(2)17(23)10-15/h7-10,13H,3-6H2,1-2H3. The molecule has 0 aromatic heterocycles. The van der Waals surface area contributed by atoms with E-state index in [4.69, 9.17) is 4.74 Å². The highest BCUT2D eigenvalue weighted by Crippen LogP contribution is 2.37. The number of carbonyl (C=O) groups excluding carboxylic acids is 1. The van der Waals surface area contributed by atoms with Crippen LogP contribution in [0, 0.1) is 36.1 Å². The van der Waals surface area contributed by atoms with Crippen LogP contribution in [0.5, 0.6) is 5.75 Å². The largest absolute Gasteiger partial charge is 0.423 e. The van der Waals surface area contributed by atoms with Crippen LogP contribution in [0.2, 0.25) is 0 Å². The summed E-state index contributed by atoms with van der Waals surface area (Å²) in [4.78, 5) is 12.1. The molecule has 143 valence electrons. The molecule has 0 heterocycles. The summed E-state index contributed by atoms with van der Waals surface area (Å²) in [5, 5.41) is 0. The number of esters is 1. The van der Waals surface area contributed by atoms with Gasteiger partial charge < -0.3 is 4.74 Å². The van der Waals surface area contributed by atoms with Gasteiger partial charge in [-0.25, -0.2) is 22.4 Å². The van der Waals surface area contributed by atoms with E-state index >= 15 is 0 Å². The molecule has 0 atom stereocenters. The Hall–Kier alpha value is -2.37. The molecule has 1 aliphatic carbocycles. The van der Waals surface area contributed by atoms with Crippen LogP contribution in [0.1, 0.15) is 60.0 Å². The van der Waals surface area contributed by atoms with Crippen molar-refractivity contribution in [3.63, 3.8) is 0 Å². The van der Waals surface area contributed by atoms with Gasteiger partial charge in [0.25, 0.3) is 0 Å². The maximum atomic E-state index is 14.4. The Morgan fingerprint density at radius 2 is 1.41 bits per heavy atom. The average molecular weight is 379 g/mol. The van der Waals surface area contributed by atoms with Gasteiger partial charge in [0.15, 0.2) is 0 Å². The van der Waals surface area contributed by atoms with Crippen molar-refractivity contribution in [2.24, 2.45) is 0 Å². The molecule has 0 unspecified atom stereocenters. The molecule has 1 aliphatic rings. The zero-order valence-corrected chi connectivity index (χ0v) is 15.0. The summed E-state index contributed by atoms with van der Waals surface area (Å²) in [5.74, 6) is -4.33. The molecule has 1 saturated carbocycles. The van der Waals surface area contributed by atoms with Gasteiger partial charge in [0.2, 0.25) is 0 Å². The van der Waals surface area contributed by atoms with Crippen LogP contribution in [-0.4, -0.2) is 5.97 Å². The number of hydrogen-bond donors (Lipinski definition) is 0. The van der Waals surface area contributed by atoms with Crippen molar-refractivity contribution in [3.8, 4) is 5.75 Å². The molecule has 27 heavy (non-hydrogen) atoms. The van der Waals surface area contributed by atoms with E-state index in [2.05, 4.69) is 6.92 Å². The minimum Gasteiger partial charge on any atom is -0.423 e. The summed E-state index contributed by atoms with van der Waals surface area (Å²) in [7, 11) is 0. The number of carbonyl (C=O) groups is 1. The van der Waals surface area contributed by atoms with Gasteiger partial charge in [-0.15, -0.1) is 0 Å². The van der Waals surface area contributed by atoms with Crippen LogP contribution in [0.15, 0.2) is 24.3 Å². The quantitative estimate of drug-likeness (QED) is 0.370. The number of halogens is 4. The van der Waals surface area contributed by atoms with Gasteiger partial charge in [-0.1, -0.05) is 6.92 Å². The van der Waals surface area contributed by atoms with Crippen molar-refractivity contribution in [2.45, 2.75) is 45.4 Å². The Bertz CT molecular complexity index is 824. The first-order valence-electron chi connectivity index (χ1n) is 8.74. The zero-order chi connectivity index (χ0) is 19.7. The van der Waals surface area contributed by atoms with Crippen LogP contribution in [-0.2, 0) is 0 Å². The molecular weight excluding hydrogens is 360 g/mol. The van der Waals surface area contributed by atoms with E-state index in [1.165, 1.54) is 12.8 Å². The lowest BCUT2D eigenvalue weighted by Crippen LogP contribution is -2.16. The van der Waals surface area contributed by atoms with Gasteiger partial charge in [0.05, 0.1) is 0 Å². The SMILES string of the molecule is C[C]1CCC(c2cc(F)c(C(=O)Oc3cc(F)c(C)c(F)c3)c(F)c2)CC1. The van der Waals surface area contributed by atoms with Crippen molar-refractivity contribution in [1.29, 1.82) is 0 Å². The fraction of sp³-hybridized carbons (Fsp3) is 0.333. The van der Waals surface area contributed by atoms with Crippen LogP contribution >= 0.6 is 0 Å². The van der Waals surface area contributed by atoms with Crippen LogP contribution in [0.3, 0.4) is 0 Å². The Labute approximate surface area is 155 Å². The molecule has 1 fully saturated rings. The maximum absolute atomic E-state index is 14.4. The maximum Gasteiger partial charge on any atom is 0.349 e. The molecule has 6 heteroatoms. The number of hydrogen-bond acceptors (Lipinski definition) is 2. The second-order valence-electron chi connectivity index (χ2n) is 6.99. The Balaban J connectivity index is 1.83. The molecule has 0 aliphatic heterocycles. The van der Waals surface area contributed by atoms with E-state index in [-0.39, 0.29) is 11.5 Å².